The fourth-order valence-electron chi connectivity index (χ4n) is 2.57. The summed E-state index contributed by atoms with van der Waals surface area (Å²) in [5, 5.41) is 9.50. The number of ether oxygens (including phenoxy) is 2. The minimum Gasteiger partial charge on any atom is -0.463 e. The van der Waals surface area contributed by atoms with Crippen LogP contribution < -0.4 is 5.73 Å². The van der Waals surface area contributed by atoms with Crippen LogP contribution in [0, 0.1) is 18.3 Å². The Balaban J connectivity index is 2.69. The lowest BCUT2D eigenvalue weighted by Crippen LogP contribution is -2.27. The highest BCUT2D eigenvalue weighted by atomic mass is 35.5. The van der Waals surface area contributed by atoms with E-state index in [0.29, 0.717) is 0 Å². The molecule has 0 saturated carbocycles. The molecule has 1 aliphatic heterocycles. The molecule has 0 radical (unpaired) electrons. The molecule has 6 heteroatoms. The Morgan fingerprint density at radius 2 is 2.17 bits per heavy atom. The Kier molecular flexibility index (Phi) is 5.30. The number of nitriles is 1. The zero-order chi connectivity index (χ0) is 17.0. The molecule has 1 aromatic carbocycles. The number of hydrogen-bond donors (Lipinski definition) is 1. The molecule has 2 N–H and O–H groups in total. The summed E-state index contributed by atoms with van der Waals surface area (Å²) in [5.74, 6) is -1.07. The molecule has 2 rings (SSSR count). The maximum Gasteiger partial charge on any atom is 0.338 e. The summed E-state index contributed by atoms with van der Waals surface area (Å²) < 4.78 is 10.5. The van der Waals surface area contributed by atoms with Crippen molar-refractivity contribution in [3.63, 3.8) is 0 Å². The van der Waals surface area contributed by atoms with Gasteiger partial charge in [0.05, 0.1) is 24.0 Å². The average Bonchev–Trinajstić information content (AvgIpc) is 2.54. The third-order valence-electron chi connectivity index (χ3n) is 3.61. The van der Waals surface area contributed by atoms with E-state index in [9.17, 15) is 10.1 Å². The van der Waals surface area contributed by atoms with E-state index in [0.717, 1.165) is 11.1 Å². The number of alkyl halides is 1. The van der Waals surface area contributed by atoms with Crippen molar-refractivity contribution in [3.05, 3.63) is 58.2 Å². The van der Waals surface area contributed by atoms with Gasteiger partial charge in [0.1, 0.15) is 17.4 Å². The van der Waals surface area contributed by atoms with Gasteiger partial charge in [0.2, 0.25) is 5.88 Å². The molecule has 1 aromatic rings. The summed E-state index contributed by atoms with van der Waals surface area (Å²) in [6.45, 7) is 3.82. The number of aryl methyl sites for hydroxylation is 1. The molecule has 23 heavy (non-hydrogen) atoms. The fourth-order valence-corrected chi connectivity index (χ4v) is 2.77. The molecule has 1 heterocycles. The zero-order valence-corrected chi connectivity index (χ0v) is 13.7. The minimum absolute atomic E-state index is 0.0375. The Labute approximate surface area is 139 Å². The smallest absolute Gasteiger partial charge is 0.338 e. The Morgan fingerprint density at radius 3 is 2.74 bits per heavy atom. The maximum atomic E-state index is 12.4. The Morgan fingerprint density at radius 1 is 1.48 bits per heavy atom. The third kappa shape index (κ3) is 3.17. The lowest BCUT2D eigenvalue weighted by Gasteiger charge is -2.28. The second kappa shape index (κ2) is 7.21. The van der Waals surface area contributed by atoms with Crippen molar-refractivity contribution >= 4 is 17.6 Å². The predicted molar refractivity (Wildman–Crippen MR) is 86.2 cm³/mol. The quantitative estimate of drug-likeness (QED) is 0.677. The number of carbonyl (C=O) groups is 1. The van der Waals surface area contributed by atoms with Crippen molar-refractivity contribution in [2.24, 2.45) is 5.73 Å². The van der Waals surface area contributed by atoms with Gasteiger partial charge in [-0.2, -0.15) is 5.26 Å². The van der Waals surface area contributed by atoms with Crippen LogP contribution in [-0.4, -0.2) is 18.5 Å². The van der Waals surface area contributed by atoms with Gasteiger partial charge < -0.3 is 15.2 Å². The second-order valence-corrected chi connectivity index (χ2v) is 5.24. The van der Waals surface area contributed by atoms with Crippen LogP contribution in [0.1, 0.15) is 24.0 Å². The van der Waals surface area contributed by atoms with Crippen molar-refractivity contribution in [2.75, 3.05) is 12.5 Å². The van der Waals surface area contributed by atoms with Gasteiger partial charge in [-0.25, -0.2) is 4.79 Å². The van der Waals surface area contributed by atoms with Crippen LogP contribution in [0.4, 0.5) is 0 Å². The molecule has 0 aromatic heterocycles. The molecular weight excluding hydrogens is 316 g/mol. The average molecular weight is 333 g/mol. The molecule has 1 atom stereocenters. The van der Waals surface area contributed by atoms with E-state index in [1.165, 1.54) is 0 Å². The number of benzene rings is 1. The molecule has 0 unspecified atom stereocenters. The molecule has 0 bridgehead atoms. The second-order valence-electron chi connectivity index (χ2n) is 4.97. The predicted octanol–water partition coefficient (Wildman–Crippen LogP) is 2.86. The molecule has 0 saturated heterocycles. The number of esters is 1. The topological polar surface area (TPSA) is 85.3 Å². The van der Waals surface area contributed by atoms with Gasteiger partial charge in [-0.3, -0.25) is 0 Å². The van der Waals surface area contributed by atoms with E-state index in [4.69, 9.17) is 26.8 Å². The number of carbonyl (C=O) groups excluding carboxylic acids is 1. The van der Waals surface area contributed by atoms with Gasteiger partial charge in [0.15, 0.2) is 0 Å². The van der Waals surface area contributed by atoms with Crippen LogP contribution >= 0.6 is 11.6 Å². The van der Waals surface area contributed by atoms with E-state index in [2.05, 4.69) is 0 Å². The number of allylic oxidation sites excluding steroid dienone is 2. The number of hydrogen-bond acceptors (Lipinski definition) is 5. The van der Waals surface area contributed by atoms with Gasteiger partial charge in [0.25, 0.3) is 0 Å². The van der Waals surface area contributed by atoms with E-state index >= 15 is 0 Å². The normalized spacial score (nSPS) is 17.6. The van der Waals surface area contributed by atoms with Gasteiger partial charge in [-0.1, -0.05) is 24.3 Å². The van der Waals surface area contributed by atoms with Crippen molar-refractivity contribution in [2.45, 2.75) is 19.8 Å². The van der Waals surface area contributed by atoms with Gasteiger partial charge in [-0.05, 0) is 25.0 Å². The fraction of sp³-hybridized carbons (Fsp3) is 0.294. The Hall–Kier alpha value is -2.45. The lowest BCUT2D eigenvalue weighted by atomic mass is 9.81. The van der Waals surface area contributed by atoms with Gasteiger partial charge in [0, 0.05) is 0 Å². The highest BCUT2D eigenvalue weighted by molar-refractivity contribution is 6.19. The highest BCUT2D eigenvalue weighted by Crippen LogP contribution is 2.40. The van der Waals surface area contributed by atoms with Crippen LogP contribution in [-0.2, 0) is 14.3 Å². The first-order valence-electron chi connectivity index (χ1n) is 7.14. The standard InChI is InChI=1S/C17H17ClN2O3/c1-3-22-17(21)15-13(8-18)23-16(20)12(9-19)14(15)11-7-5-4-6-10(11)2/h4-7,14H,3,8,20H2,1-2H3/t14-/m0/s1. The first kappa shape index (κ1) is 16.9. The van der Waals surface area contributed by atoms with E-state index < -0.39 is 11.9 Å². The van der Waals surface area contributed by atoms with Crippen molar-refractivity contribution in [3.8, 4) is 6.07 Å². The highest BCUT2D eigenvalue weighted by Gasteiger charge is 2.37. The lowest BCUT2D eigenvalue weighted by molar-refractivity contribution is -0.139. The number of rotatable bonds is 4. The summed E-state index contributed by atoms with van der Waals surface area (Å²) in [6.07, 6.45) is 0. The van der Waals surface area contributed by atoms with Gasteiger partial charge in [-0.15, -0.1) is 11.6 Å². The SMILES string of the molecule is CCOC(=O)C1=C(CCl)OC(N)=C(C#N)[C@@H]1c1ccccc1C. The third-order valence-corrected chi connectivity index (χ3v) is 3.86. The summed E-state index contributed by atoms with van der Waals surface area (Å²) in [4.78, 5) is 12.4. The van der Waals surface area contributed by atoms with Crippen molar-refractivity contribution in [1.82, 2.24) is 0 Å². The maximum absolute atomic E-state index is 12.4. The van der Waals surface area contributed by atoms with Gasteiger partial charge >= 0.3 is 5.97 Å². The summed E-state index contributed by atoms with van der Waals surface area (Å²) in [7, 11) is 0. The number of nitrogens with two attached hydrogens (primary N) is 1. The first-order chi connectivity index (χ1) is 11.0. The monoisotopic (exact) mass is 332 g/mol. The molecule has 120 valence electrons. The van der Waals surface area contributed by atoms with Crippen LogP contribution in [0.3, 0.4) is 0 Å². The molecular formula is C17H17ClN2O3. The molecule has 0 fully saturated rings. The summed E-state index contributed by atoms with van der Waals surface area (Å²) >= 11 is 5.92. The Bertz CT molecular complexity index is 732. The molecule has 1 aliphatic rings. The minimum atomic E-state index is -0.650. The van der Waals surface area contributed by atoms with Crippen LogP contribution in [0.5, 0.6) is 0 Å². The molecule has 0 aliphatic carbocycles. The van der Waals surface area contributed by atoms with E-state index in [1.54, 1.807) is 6.92 Å². The summed E-state index contributed by atoms with van der Waals surface area (Å²) in [5.41, 5.74) is 7.98. The number of halogens is 1. The zero-order valence-electron chi connectivity index (χ0n) is 12.9. The van der Waals surface area contributed by atoms with Crippen LogP contribution in [0.2, 0.25) is 0 Å². The molecule has 0 spiro atoms. The largest absolute Gasteiger partial charge is 0.463 e. The van der Waals surface area contributed by atoms with Crippen LogP contribution in [0.25, 0.3) is 0 Å². The molecule has 0 amide bonds. The van der Waals surface area contributed by atoms with Crippen molar-refractivity contribution < 1.29 is 14.3 Å². The number of nitrogens with zero attached hydrogens (tertiary/aromatic N) is 1. The molecule has 5 nitrogen and oxygen atoms in total. The van der Waals surface area contributed by atoms with Crippen LogP contribution in [0.15, 0.2) is 47.1 Å². The van der Waals surface area contributed by atoms with Crippen molar-refractivity contribution in [1.29, 1.82) is 5.26 Å². The first-order valence-corrected chi connectivity index (χ1v) is 7.67. The van der Waals surface area contributed by atoms with E-state index in [-0.39, 0.29) is 35.3 Å². The van der Waals surface area contributed by atoms with E-state index in [1.807, 2.05) is 37.3 Å². The summed E-state index contributed by atoms with van der Waals surface area (Å²) in [6, 6.07) is 9.52.